The number of hydrogen-bond acceptors (Lipinski definition) is 4. The molecular formula is C17H16N4O2. The fourth-order valence-electron chi connectivity index (χ4n) is 2.19. The van der Waals surface area contributed by atoms with E-state index in [9.17, 15) is 4.79 Å². The minimum atomic E-state index is -0.197. The lowest BCUT2D eigenvalue weighted by molar-refractivity contribution is -0.116. The number of carbonyl (C=O) groups is 1. The van der Waals surface area contributed by atoms with Gasteiger partial charge in [0.05, 0.1) is 24.2 Å². The van der Waals surface area contributed by atoms with Crippen molar-refractivity contribution in [2.75, 3.05) is 0 Å². The minimum Gasteiger partial charge on any atom is -0.465 e. The molecule has 3 aromatic rings. The molecule has 0 aliphatic heterocycles. The van der Waals surface area contributed by atoms with E-state index < -0.39 is 0 Å². The highest BCUT2D eigenvalue weighted by Gasteiger charge is 2.07. The van der Waals surface area contributed by atoms with E-state index in [4.69, 9.17) is 4.42 Å². The molecule has 0 saturated carbocycles. The molecule has 0 saturated heterocycles. The van der Waals surface area contributed by atoms with Gasteiger partial charge in [0.25, 0.3) is 0 Å². The summed E-state index contributed by atoms with van der Waals surface area (Å²) in [6.45, 7) is 0.361. The lowest BCUT2D eigenvalue weighted by Gasteiger charge is -1.99. The monoisotopic (exact) mass is 308 g/mol. The molecule has 23 heavy (non-hydrogen) atoms. The van der Waals surface area contributed by atoms with Crippen LogP contribution in [0.25, 0.3) is 17.3 Å². The van der Waals surface area contributed by atoms with E-state index >= 15 is 0 Å². The van der Waals surface area contributed by atoms with Crippen molar-refractivity contribution in [3.8, 4) is 11.3 Å². The lowest BCUT2D eigenvalue weighted by Crippen LogP contribution is -2.20. The highest BCUT2D eigenvalue weighted by Crippen LogP contribution is 2.18. The summed E-state index contributed by atoms with van der Waals surface area (Å²) in [6, 6.07) is 9.35. The molecular weight excluding hydrogens is 292 g/mol. The van der Waals surface area contributed by atoms with Crippen LogP contribution in [0.4, 0.5) is 0 Å². The Bertz CT molecular complexity index is 805. The van der Waals surface area contributed by atoms with Gasteiger partial charge in [-0.25, -0.2) is 0 Å². The van der Waals surface area contributed by atoms with E-state index in [1.807, 2.05) is 25.2 Å². The van der Waals surface area contributed by atoms with Gasteiger partial charge < -0.3 is 9.73 Å². The van der Waals surface area contributed by atoms with Crippen LogP contribution >= 0.6 is 0 Å². The summed E-state index contributed by atoms with van der Waals surface area (Å²) >= 11 is 0. The molecule has 3 aromatic heterocycles. The summed E-state index contributed by atoms with van der Waals surface area (Å²) in [6.07, 6.45) is 8.10. The standard InChI is InChI=1S/C17H16N4O2/c1-21-16(13-6-8-18-9-7-13)11-14(20-21)12-19-17(22)5-4-15-3-2-10-23-15/h2-11H,12H2,1H3,(H,19,22)/b5-4+. The van der Waals surface area contributed by atoms with Crippen LogP contribution in [0.3, 0.4) is 0 Å². The van der Waals surface area contributed by atoms with Gasteiger partial charge in [-0.15, -0.1) is 0 Å². The van der Waals surface area contributed by atoms with Crippen molar-refractivity contribution in [3.05, 3.63) is 66.5 Å². The first kappa shape index (κ1) is 14.8. The number of nitrogens with zero attached hydrogens (tertiary/aromatic N) is 3. The van der Waals surface area contributed by atoms with Gasteiger partial charge >= 0.3 is 0 Å². The molecule has 0 atom stereocenters. The van der Waals surface area contributed by atoms with Crippen molar-refractivity contribution in [3.63, 3.8) is 0 Å². The Morgan fingerprint density at radius 2 is 2.17 bits per heavy atom. The van der Waals surface area contributed by atoms with E-state index in [-0.39, 0.29) is 5.91 Å². The van der Waals surface area contributed by atoms with Gasteiger partial charge in [-0.2, -0.15) is 5.10 Å². The van der Waals surface area contributed by atoms with Gasteiger partial charge in [0.15, 0.2) is 0 Å². The summed E-state index contributed by atoms with van der Waals surface area (Å²) < 4.78 is 6.91. The molecule has 6 heteroatoms. The van der Waals surface area contributed by atoms with Crippen LogP contribution < -0.4 is 5.32 Å². The Labute approximate surface area is 133 Å². The molecule has 0 aliphatic carbocycles. The van der Waals surface area contributed by atoms with E-state index in [0.717, 1.165) is 17.0 Å². The molecule has 3 rings (SSSR count). The summed E-state index contributed by atoms with van der Waals surface area (Å²) in [7, 11) is 1.87. The normalized spacial score (nSPS) is 11.0. The van der Waals surface area contributed by atoms with Crippen molar-refractivity contribution in [2.24, 2.45) is 7.05 Å². The molecule has 0 aliphatic rings. The van der Waals surface area contributed by atoms with Crippen LogP contribution in [0.2, 0.25) is 0 Å². The van der Waals surface area contributed by atoms with Crippen molar-refractivity contribution in [2.45, 2.75) is 6.54 Å². The van der Waals surface area contributed by atoms with Crippen LogP contribution in [0.5, 0.6) is 0 Å². The first-order chi connectivity index (χ1) is 11.2. The molecule has 1 amide bonds. The molecule has 0 fully saturated rings. The molecule has 6 nitrogen and oxygen atoms in total. The Hall–Kier alpha value is -3.15. The van der Waals surface area contributed by atoms with Crippen LogP contribution in [0.1, 0.15) is 11.5 Å². The van der Waals surface area contributed by atoms with E-state index in [1.165, 1.54) is 6.08 Å². The van der Waals surface area contributed by atoms with Gasteiger partial charge in [0.2, 0.25) is 5.91 Å². The maximum absolute atomic E-state index is 11.8. The van der Waals surface area contributed by atoms with Gasteiger partial charge in [0, 0.05) is 31.1 Å². The quantitative estimate of drug-likeness (QED) is 0.735. The maximum Gasteiger partial charge on any atom is 0.244 e. The van der Waals surface area contributed by atoms with Crippen molar-refractivity contribution in [1.29, 1.82) is 0 Å². The fraction of sp³-hybridized carbons (Fsp3) is 0.118. The number of hydrogen-bond donors (Lipinski definition) is 1. The molecule has 1 N–H and O–H groups in total. The average Bonchev–Trinajstić information content (AvgIpc) is 3.21. The number of rotatable bonds is 5. The van der Waals surface area contributed by atoms with Crippen molar-refractivity contribution in [1.82, 2.24) is 20.1 Å². The Morgan fingerprint density at radius 1 is 1.35 bits per heavy atom. The molecule has 116 valence electrons. The summed E-state index contributed by atoms with van der Waals surface area (Å²) in [5.74, 6) is 0.440. The van der Waals surface area contributed by atoms with Gasteiger partial charge in [-0.3, -0.25) is 14.5 Å². The highest BCUT2D eigenvalue weighted by molar-refractivity contribution is 5.91. The Kier molecular flexibility index (Phi) is 4.33. The molecule has 0 spiro atoms. The highest BCUT2D eigenvalue weighted by atomic mass is 16.3. The minimum absolute atomic E-state index is 0.197. The van der Waals surface area contributed by atoms with Gasteiger partial charge in [-0.05, 0) is 36.4 Å². The lowest BCUT2D eigenvalue weighted by atomic mass is 10.2. The van der Waals surface area contributed by atoms with Crippen molar-refractivity contribution < 1.29 is 9.21 Å². The first-order valence-electron chi connectivity index (χ1n) is 7.15. The summed E-state index contributed by atoms with van der Waals surface area (Å²) in [5.41, 5.74) is 2.80. The third-order valence-electron chi connectivity index (χ3n) is 3.29. The topological polar surface area (TPSA) is 73.0 Å². The fourth-order valence-corrected chi connectivity index (χ4v) is 2.19. The number of nitrogens with one attached hydrogen (secondary N) is 1. The number of aromatic nitrogens is 3. The Morgan fingerprint density at radius 3 is 2.91 bits per heavy atom. The third-order valence-corrected chi connectivity index (χ3v) is 3.29. The number of amides is 1. The zero-order valence-corrected chi connectivity index (χ0v) is 12.6. The second-order valence-corrected chi connectivity index (χ2v) is 4.95. The molecule has 0 unspecified atom stereocenters. The number of pyridine rings is 1. The predicted octanol–water partition coefficient (Wildman–Crippen LogP) is 2.40. The zero-order valence-electron chi connectivity index (χ0n) is 12.6. The van der Waals surface area contributed by atoms with E-state index in [1.54, 1.807) is 41.5 Å². The third kappa shape index (κ3) is 3.74. The SMILES string of the molecule is Cn1nc(CNC(=O)/C=C/c2ccco2)cc1-c1ccncc1. The van der Waals surface area contributed by atoms with Gasteiger partial charge in [0.1, 0.15) is 5.76 Å². The Balaban J connectivity index is 1.62. The van der Waals surface area contributed by atoms with Crippen LogP contribution in [0, 0.1) is 0 Å². The van der Waals surface area contributed by atoms with Crippen LogP contribution in [-0.2, 0) is 18.4 Å². The number of furan rings is 1. The summed E-state index contributed by atoms with van der Waals surface area (Å²) in [4.78, 5) is 15.8. The summed E-state index contributed by atoms with van der Waals surface area (Å²) in [5, 5.41) is 7.21. The second kappa shape index (κ2) is 6.74. The smallest absolute Gasteiger partial charge is 0.244 e. The van der Waals surface area contributed by atoms with Gasteiger partial charge in [-0.1, -0.05) is 0 Å². The maximum atomic E-state index is 11.8. The van der Waals surface area contributed by atoms with E-state index in [2.05, 4.69) is 15.4 Å². The van der Waals surface area contributed by atoms with Crippen molar-refractivity contribution >= 4 is 12.0 Å². The largest absolute Gasteiger partial charge is 0.465 e. The zero-order chi connectivity index (χ0) is 16.1. The second-order valence-electron chi connectivity index (χ2n) is 4.95. The molecule has 0 aromatic carbocycles. The molecule has 0 radical (unpaired) electrons. The van der Waals surface area contributed by atoms with Crippen LogP contribution in [-0.4, -0.2) is 20.7 Å². The molecule has 3 heterocycles. The average molecular weight is 308 g/mol. The first-order valence-corrected chi connectivity index (χ1v) is 7.15. The van der Waals surface area contributed by atoms with E-state index in [0.29, 0.717) is 12.3 Å². The number of aryl methyl sites for hydroxylation is 1. The molecule has 0 bridgehead atoms. The predicted molar refractivity (Wildman–Crippen MR) is 86.0 cm³/mol. The number of carbonyl (C=O) groups excluding carboxylic acids is 1. The van der Waals surface area contributed by atoms with Crippen LogP contribution in [0.15, 0.2) is 59.5 Å².